The number of anilines is 1. The monoisotopic (exact) mass is 506 g/mol. The van der Waals surface area contributed by atoms with Gasteiger partial charge in [-0.1, -0.05) is 44.0 Å². The van der Waals surface area contributed by atoms with Gasteiger partial charge in [-0.15, -0.1) is 0 Å². The molecule has 1 spiro atoms. The van der Waals surface area contributed by atoms with E-state index in [1.165, 1.54) is 11.1 Å². The number of hydrogen-bond acceptors (Lipinski definition) is 4. The van der Waals surface area contributed by atoms with E-state index in [1.54, 1.807) is 12.1 Å². The zero-order valence-corrected chi connectivity index (χ0v) is 19.0. The lowest BCUT2D eigenvalue weighted by Gasteiger charge is -2.46. The van der Waals surface area contributed by atoms with Crippen LogP contribution in [0.1, 0.15) is 36.1 Å². The number of fused-ring (bicyclic) bond motifs is 2. The Morgan fingerprint density at radius 2 is 1.89 bits per heavy atom. The van der Waals surface area contributed by atoms with Crippen LogP contribution in [0.5, 0.6) is 5.75 Å². The van der Waals surface area contributed by atoms with E-state index in [9.17, 15) is 10.1 Å². The van der Waals surface area contributed by atoms with Gasteiger partial charge in [-0.25, -0.2) is 0 Å². The lowest BCUT2D eigenvalue weighted by molar-refractivity contribution is -0.385. The number of hydrogen-bond donors (Lipinski definition) is 0. The molecule has 28 heavy (non-hydrogen) atoms. The van der Waals surface area contributed by atoms with Crippen LogP contribution in [0.2, 0.25) is 0 Å². The Morgan fingerprint density at radius 3 is 2.54 bits per heavy atom. The molecule has 0 N–H and O–H groups in total. The molecule has 0 amide bonds. The second kappa shape index (κ2) is 6.59. The van der Waals surface area contributed by atoms with Crippen molar-refractivity contribution < 1.29 is 9.66 Å². The third-order valence-electron chi connectivity index (χ3n) is 5.93. The van der Waals surface area contributed by atoms with E-state index in [2.05, 4.69) is 68.8 Å². The highest BCUT2D eigenvalue weighted by molar-refractivity contribution is 9.08. The smallest absolute Gasteiger partial charge is 0.270 e. The number of nitro groups is 1. The maximum Gasteiger partial charge on any atom is 0.270 e. The molecule has 1 unspecified atom stereocenters. The van der Waals surface area contributed by atoms with Crippen LogP contribution < -0.4 is 9.64 Å². The summed E-state index contributed by atoms with van der Waals surface area (Å²) >= 11 is 7.08. The van der Waals surface area contributed by atoms with Crippen molar-refractivity contribution in [3.63, 3.8) is 0 Å². The number of nitrogens with zero attached hydrogens (tertiary/aromatic N) is 2. The molecule has 4 rings (SSSR count). The van der Waals surface area contributed by atoms with Crippen molar-refractivity contribution in [3.8, 4) is 5.75 Å². The fourth-order valence-electron chi connectivity index (χ4n) is 4.53. The normalized spacial score (nSPS) is 21.4. The Kier molecular flexibility index (Phi) is 4.58. The van der Waals surface area contributed by atoms with Gasteiger partial charge in [0.25, 0.3) is 5.69 Å². The van der Waals surface area contributed by atoms with Crippen molar-refractivity contribution in [2.24, 2.45) is 0 Å². The highest BCUT2D eigenvalue weighted by Gasteiger charge is 2.58. The number of rotatable bonds is 3. The largest absolute Gasteiger partial charge is 0.462 e. The van der Waals surface area contributed by atoms with E-state index in [-0.39, 0.29) is 16.0 Å². The quantitative estimate of drug-likeness (QED) is 0.294. The second-order valence-corrected chi connectivity index (χ2v) is 8.80. The lowest BCUT2D eigenvalue weighted by atomic mass is 9.75. The zero-order valence-electron chi connectivity index (χ0n) is 15.8. The number of nitro benzene ring substituents is 1. The van der Waals surface area contributed by atoms with E-state index < -0.39 is 5.72 Å². The standard InChI is InChI=1S/C21H20Br2N2O3/c1-20(2)18-14(11-22)5-4-6-17(18)24(3)21(20)8-7-13-9-16(25(26)27)10-15(12-23)19(13)28-21/h4-10H,11-12H2,1-3H3. The third kappa shape index (κ3) is 2.48. The van der Waals surface area contributed by atoms with Gasteiger partial charge in [0, 0.05) is 46.7 Å². The minimum absolute atomic E-state index is 0.0706. The van der Waals surface area contributed by atoms with Gasteiger partial charge >= 0.3 is 0 Å². The molecular weight excluding hydrogens is 488 g/mol. The van der Waals surface area contributed by atoms with Gasteiger partial charge in [0.1, 0.15) is 5.75 Å². The van der Waals surface area contributed by atoms with Gasteiger partial charge in [0.05, 0.1) is 10.3 Å². The van der Waals surface area contributed by atoms with Crippen LogP contribution in [-0.2, 0) is 16.1 Å². The fourth-order valence-corrected chi connectivity index (χ4v) is 5.42. The number of ether oxygens (including phenoxy) is 1. The van der Waals surface area contributed by atoms with Crippen LogP contribution in [0.4, 0.5) is 11.4 Å². The molecule has 0 bridgehead atoms. The number of benzene rings is 2. The van der Waals surface area contributed by atoms with Crippen molar-refractivity contribution in [2.45, 2.75) is 35.6 Å². The summed E-state index contributed by atoms with van der Waals surface area (Å²) in [6, 6.07) is 9.47. The predicted molar refractivity (Wildman–Crippen MR) is 119 cm³/mol. The van der Waals surface area contributed by atoms with Crippen LogP contribution >= 0.6 is 31.9 Å². The van der Waals surface area contributed by atoms with Crippen LogP contribution in [0.3, 0.4) is 0 Å². The molecule has 2 aromatic rings. The van der Waals surface area contributed by atoms with Crippen LogP contribution in [-0.4, -0.2) is 17.7 Å². The van der Waals surface area contributed by atoms with Crippen LogP contribution in [0.15, 0.2) is 36.4 Å². The number of non-ortho nitro benzene ring substituents is 1. The third-order valence-corrected chi connectivity index (χ3v) is 7.14. The maximum absolute atomic E-state index is 11.3. The van der Waals surface area contributed by atoms with Crippen molar-refractivity contribution in [2.75, 3.05) is 11.9 Å². The molecule has 0 saturated heterocycles. The Labute approximate surface area is 180 Å². The first-order chi connectivity index (χ1) is 13.3. The topological polar surface area (TPSA) is 55.6 Å². The molecule has 0 radical (unpaired) electrons. The molecule has 0 saturated carbocycles. The van der Waals surface area contributed by atoms with E-state index >= 15 is 0 Å². The second-order valence-electron chi connectivity index (χ2n) is 7.67. The van der Waals surface area contributed by atoms with Crippen LogP contribution in [0.25, 0.3) is 6.08 Å². The van der Waals surface area contributed by atoms with Crippen molar-refractivity contribution in [3.05, 3.63) is 68.8 Å². The summed E-state index contributed by atoms with van der Waals surface area (Å²) in [6.07, 6.45) is 3.99. The van der Waals surface area contributed by atoms with E-state index in [4.69, 9.17) is 4.74 Å². The lowest BCUT2D eigenvalue weighted by Crippen LogP contribution is -2.58. The highest BCUT2D eigenvalue weighted by atomic mass is 79.9. The first-order valence-electron chi connectivity index (χ1n) is 8.94. The Morgan fingerprint density at radius 1 is 1.18 bits per heavy atom. The molecule has 1 atom stereocenters. The highest BCUT2D eigenvalue weighted by Crippen LogP contribution is 2.56. The molecule has 0 aliphatic carbocycles. The fraction of sp³-hybridized carbons (Fsp3) is 0.333. The number of halogens is 2. The molecule has 0 fully saturated rings. The minimum atomic E-state index is -0.715. The van der Waals surface area contributed by atoms with Gasteiger partial charge in [-0.05, 0) is 43.2 Å². The van der Waals surface area contributed by atoms with Crippen molar-refractivity contribution >= 4 is 49.3 Å². The summed E-state index contributed by atoms with van der Waals surface area (Å²) in [5.74, 6) is 0.693. The summed E-state index contributed by atoms with van der Waals surface area (Å²) in [4.78, 5) is 13.1. The summed E-state index contributed by atoms with van der Waals surface area (Å²) in [5, 5.41) is 12.5. The summed E-state index contributed by atoms with van der Waals surface area (Å²) in [6.45, 7) is 4.38. The SMILES string of the molecule is CN1c2cccc(CBr)c2C(C)(C)C12C=Cc1cc([N+](=O)[O-])cc(CBr)c1O2. The Balaban J connectivity index is 1.91. The predicted octanol–water partition coefficient (Wildman–Crippen LogP) is 5.91. The first-order valence-corrected chi connectivity index (χ1v) is 11.2. The first kappa shape index (κ1) is 19.5. The molecule has 2 aliphatic heterocycles. The molecule has 7 heteroatoms. The van der Waals surface area contributed by atoms with Gasteiger partial charge < -0.3 is 9.64 Å². The molecule has 2 heterocycles. The van der Waals surface area contributed by atoms with E-state index in [0.717, 1.165) is 22.1 Å². The molecular formula is C21H20Br2N2O3. The van der Waals surface area contributed by atoms with Crippen molar-refractivity contribution in [1.82, 2.24) is 0 Å². The van der Waals surface area contributed by atoms with Gasteiger partial charge in [0.2, 0.25) is 5.72 Å². The van der Waals surface area contributed by atoms with Gasteiger partial charge in [-0.2, -0.15) is 0 Å². The molecule has 2 aliphatic rings. The average molecular weight is 508 g/mol. The number of alkyl halides is 2. The van der Waals surface area contributed by atoms with E-state index in [1.807, 2.05) is 19.2 Å². The summed E-state index contributed by atoms with van der Waals surface area (Å²) in [7, 11) is 2.04. The number of likely N-dealkylation sites (N-methyl/N-ethyl adjacent to an activating group) is 1. The van der Waals surface area contributed by atoms with Gasteiger partial charge in [-0.3, -0.25) is 10.1 Å². The Hall–Kier alpha value is -1.86. The molecule has 146 valence electrons. The maximum atomic E-state index is 11.3. The average Bonchev–Trinajstić information content (AvgIpc) is 2.85. The van der Waals surface area contributed by atoms with Crippen molar-refractivity contribution in [1.29, 1.82) is 0 Å². The molecule has 0 aromatic heterocycles. The summed E-state index contributed by atoms with van der Waals surface area (Å²) < 4.78 is 6.72. The molecule has 2 aromatic carbocycles. The summed E-state index contributed by atoms with van der Waals surface area (Å²) in [5.41, 5.74) is 4.15. The van der Waals surface area contributed by atoms with Crippen LogP contribution in [0, 0.1) is 10.1 Å². The molecule has 5 nitrogen and oxygen atoms in total. The minimum Gasteiger partial charge on any atom is -0.462 e. The zero-order chi connectivity index (χ0) is 20.3. The Bertz CT molecular complexity index is 1020. The van der Waals surface area contributed by atoms with E-state index in [0.29, 0.717) is 11.1 Å². The van der Waals surface area contributed by atoms with Gasteiger partial charge in [0.15, 0.2) is 0 Å².